The number of halogens is 1. The van der Waals surface area contributed by atoms with Crippen LogP contribution in [0.4, 0.5) is 5.82 Å². The van der Waals surface area contributed by atoms with Gasteiger partial charge in [-0.15, -0.1) is 0 Å². The lowest BCUT2D eigenvalue weighted by Gasteiger charge is -2.33. The molecule has 0 N–H and O–H groups in total. The summed E-state index contributed by atoms with van der Waals surface area (Å²) in [5.74, 6) is 0.910. The molecular weight excluding hydrogens is 318 g/mol. The fourth-order valence-electron chi connectivity index (χ4n) is 1.93. The highest BCUT2D eigenvalue weighted by Gasteiger charge is 2.23. The molecule has 1 fully saturated rings. The first kappa shape index (κ1) is 13.8. The van der Waals surface area contributed by atoms with Gasteiger partial charge in [0.1, 0.15) is 5.82 Å². The normalized spacial score (nSPS) is 18.0. The lowest BCUT2D eigenvalue weighted by Crippen LogP contribution is -2.48. The van der Waals surface area contributed by atoms with Gasteiger partial charge in [0.25, 0.3) is 0 Å². The van der Waals surface area contributed by atoms with E-state index < -0.39 is 10.0 Å². The number of alkyl halides is 1. The lowest BCUT2D eigenvalue weighted by atomic mass is 10.3. The Balaban J connectivity index is 2.01. The van der Waals surface area contributed by atoms with Crippen LogP contribution in [0.1, 0.15) is 5.56 Å². The second-order valence-electron chi connectivity index (χ2n) is 4.31. The third-order valence-corrected chi connectivity index (χ3v) is 4.95. The van der Waals surface area contributed by atoms with E-state index in [-0.39, 0.29) is 0 Å². The van der Waals surface area contributed by atoms with Gasteiger partial charge in [0.05, 0.1) is 6.26 Å². The second kappa shape index (κ2) is 5.54. The summed E-state index contributed by atoms with van der Waals surface area (Å²) in [5, 5.41) is 0.794. The summed E-state index contributed by atoms with van der Waals surface area (Å²) in [4.78, 5) is 6.50. The largest absolute Gasteiger partial charge is 0.354 e. The van der Waals surface area contributed by atoms with Crippen LogP contribution in [0.25, 0.3) is 0 Å². The van der Waals surface area contributed by atoms with Crippen molar-refractivity contribution in [2.45, 2.75) is 5.33 Å². The molecule has 0 atom stereocenters. The molecule has 1 aliphatic heterocycles. The van der Waals surface area contributed by atoms with Crippen molar-refractivity contribution in [1.82, 2.24) is 9.29 Å². The van der Waals surface area contributed by atoms with Gasteiger partial charge in [-0.25, -0.2) is 13.4 Å². The molecular formula is C11H16BrN3O2S. The average Bonchev–Trinajstić information content (AvgIpc) is 2.38. The zero-order valence-electron chi connectivity index (χ0n) is 10.2. The Morgan fingerprint density at radius 1 is 1.28 bits per heavy atom. The number of sulfonamides is 1. The summed E-state index contributed by atoms with van der Waals surface area (Å²) < 4.78 is 24.3. The Morgan fingerprint density at radius 2 is 1.94 bits per heavy atom. The number of anilines is 1. The van der Waals surface area contributed by atoms with E-state index in [1.54, 1.807) is 0 Å². The molecule has 2 rings (SSSR count). The number of pyridine rings is 1. The van der Waals surface area contributed by atoms with Crippen LogP contribution in [0.15, 0.2) is 18.3 Å². The van der Waals surface area contributed by atoms with Gasteiger partial charge in [0.15, 0.2) is 0 Å². The van der Waals surface area contributed by atoms with Crippen molar-refractivity contribution in [3.8, 4) is 0 Å². The predicted molar refractivity (Wildman–Crippen MR) is 75.5 cm³/mol. The van der Waals surface area contributed by atoms with Crippen LogP contribution in [-0.4, -0.2) is 50.1 Å². The van der Waals surface area contributed by atoms with Crippen LogP contribution < -0.4 is 4.90 Å². The quantitative estimate of drug-likeness (QED) is 0.776. The fourth-order valence-corrected chi connectivity index (χ4v) is 3.09. The first-order valence-electron chi connectivity index (χ1n) is 5.71. The van der Waals surface area contributed by atoms with Gasteiger partial charge in [-0.3, -0.25) is 0 Å². The van der Waals surface area contributed by atoms with E-state index in [2.05, 4.69) is 25.8 Å². The van der Waals surface area contributed by atoms with Crippen LogP contribution >= 0.6 is 15.9 Å². The number of hydrogen-bond donors (Lipinski definition) is 0. The minimum atomic E-state index is -3.06. The van der Waals surface area contributed by atoms with Gasteiger partial charge >= 0.3 is 0 Å². The van der Waals surface area contributed by atoms with Crippen molar-refractivity contribution in [3.05, 3.63) is 23.9 Å². The average molecular weight is 334 g/mol. The Labute approximate surface area is 116 Å². The summed E-state index contributed by atoms with van der Waals surface area (Å²) in [7, 11) is -3.06. The summed E-state index contributed by atoms with van der Waals surface area (Å²) in [6.45, 7) is 2.43. The highest BCUT2D eigenvalue weighted by molar-refractivity contribution is 9.08. The van der Waals surface area contributed by atoms with Crippen LogP contribution in [0, 0.1) is 0 Å². The molecule has 0 aliphatic carbocycles. The van der Waals surface area contributed by atoms with E-state index in [1.165, 1.54) is 10.6 Å². The van der Waals surface area contributed by atoms with Crippen molar-refractivity contribution >= 4 is 31.8 Å². The fraction of sp³-hybridized carbons (Fsp3) is 0.545. The molecule has 100 valence electrons. The van der Waals surface area contributed by atoms with Crippen LogP contribution in [0.5, 0.6) is 0 Å². The maximum atomic E-state index is 11.4. The number of aromatic nitrogens is 1. The Hall–Kier alpha value is -0.660. The molecule has 0 aromatic carbocycles. The predicted octanol–water partition coefficient (Wildman–Crippen LogP) is 1.06. The maximum absolute atomic E-state index is 11.4. The number of hydrogen-bond acceptors (Lipinski definition) is 4. The standard InChI is InChI=1S/C11H16BrN3O2S/c1-18(16,17)15-6-4-14(5-7-15)11-3-2-10(8-12)9-13-11/h2-3,9H,4-8H2,1H3. The van der Waals surface area contributed by atoms with Crippen molar-refractivity contribution in [2.75, 3.05) is 37.3 Å². The molecule has 1 aromatic heterocycles. The third-order valence-electron chi connectivity index (χ3n) is 3.00. The van der Waals surface area contributed by atoms with Crippen molar-refractivity contribution < 1.29 is 8.42 Å². The van der Waals surface area contributed by atoms with E-state index in [9.17, 15) is 8.42 Å². The lowest BCUT2D eigenvalue weighted by molar-refractivity contribution is 0.387. The Morgan fingerprint density at radius 3 is 2.39 bits per heavy atom. The van der Waals surface area contributed by atoms with E-state index in [0.717, 1.165) is 16.7 Å². The SMILES string of the molecule is CS(=O)(=O)N1CCN(c2ccc(CBr)cn2)CC1. The monoisotopic (exact) mass is 333 g/mol. The summed E-state index contributed by atoms with van der Waals surface area (Å²) in [6.07, 6.45) is 3.10. The number of rotatable bonds is 3. The Bertz CT molecular complexity index is 496. The highest BCUT2D eigenvalue weighted by Crippen LogP contribution is 2.16. The van der Waals surface area contributed by atoms with Gasteiger partial charge in [0.2, 0.25) is 10.0 Å². The molecule has 2 heterocycles. The van der Waals surface area contributed by atoms with Crippen LogP contribution in [0.2, 0.25) is 0 Å². The first-order valence-corrected chi connectivity index (χ1v) is 8.68. The van der Waals surface area contributed by atoms with Gasteiger partial charge < -0.3 is 4.90 Å². The van der Waals surface area contributed by atoms with Gasteiger partial charge in [-0.2, -0.15) is 4.31 Å². The Kier molecular flexibility index (Phi) is 4.24. The molecule has 1 aliphatic rings. The maximum Gasteiger partial charge on any atom is 0.211 e. The first-order chi connectivity index (χ1) is 8.50. The summed E-state index contributed by atoms with van der Waals surface area (Å²) >= 11 is 3.38. The molecule has 0 spiro atoms. The van der Waals surface area contributed by atoms with Crippen LogP contribution in [-0.2, 0) is 15.4 Å². The van der Waals surface area contributed by atoms with Crippen molar-refractivity contribution in [3.63, 3.8) is 0 Å². The van der Waals surface area contributed by atoms with Crippen molar-refractivity contribution in [2.24, 2.45) is 0 Å². The highest BCUT2D eigenvalue weighted by atomic mass is 79.9. The molecule has 0 bridgehead atoms. The van der Waals surface area contributed by atoms with E-state index >= 15 is 0 Å². The molecule has 0 amide bonds. The molecule has 1 saturated heterocycles. The molecule has 18 heavy (non-hydrogen) atoms. The smallest absolute Gasteiger partial charge is 0.211 e. The second-order valence-corrected chi connectivity index (χ2v) is 6.85. The minimum absolute atomic E-state index is 0.528. The van der Waals surface area contributed by atoms with E-state index in [4.69, 9.17) is 0 Å². The summed E-state index contributed by atoms with van der Waals surface area (Å²) in [6, 6.07) is 4.01. The number of nitrogens with zero attached hydrogens (tertiary/aromatic N) is 3. The van der Waals surface area contributed by atoms with Crippen LogP contribution in [0.3, 0.4) is 0 Å². The molecule has 1 aromatic rings. The van der Waals surface area contributed by atoms with Gasteiger partial charge in [0, 0.05) is 37.7 Å². The molecule has 0 unspecified atom stereocenters. The molecule has 0 radical (unpaired) electrons. The molecule has 7 heteroatoms. The van der Waals surface area contributed by atoms with E-state index in [0.29, 0.717) is 26.2 Å². The number of piperazine rings is 1. The third kappa shape index (κ3) is 3.21. The van der Waals surface area contributed by atoms with Gasteiger partial charge in [-0.05, 0) is 11.6 Å². The molecule has 5 nitrogen and oxygen atoms in total. The van der Waals surface area contributed by atoms with E-state index in [1.807, 2.05) is 18.3 Å². The van der Waals surface area contributed by atoms with Crippen molar-refractivity contribution in [1.29, 1.82) is 0 Å². The zero-order chi connectivity index (χ0) is 13.2. The van der Waals surface area contributed by atoms with Gasteiger partial charge in [-0.1, -0.05) is 22.0 Å². The summed E-state index contributed by atoms with van der Waals surface area (Å²) in [5.41, 5.74) is 1.13. The zero-order valence-corrected chi connectivity index (χ0v) is 12.6. The topological polar surface area (TPSA) is 53.5 Å². The minimum Gasteiger partial charge on any atom is -0.354 e. The molecule has 0 saturated carbocycles.